The normalized spacial score (nSPS) is 43.1. The Morgan fingerprint density at radius 2 is 1.92 bits per heavy atom. The summed E-state index contributed by atoms with van der Waals surface area (Å²) in [5.74, 6) is -3.36. The zero-order chi connectivity index (χ0) is 26.7. The van der Waals surface area contributed by atoms with Gasteiger partial charge in [-0.25, -0.2) is 4.39 Å². The molecule has 0 aromatic heterocycles. The quantitative estimate of drug-likeness (QED) is 0.548. The monoisotopic (exact) mass is 504 g/mol. The largest absolute Gasteiger partial charge is 0.458 e. The lowest BCUT2D eigenvalue weighted by Gasteiger charge is -2.62. The van der Waals surface area contributed by atoms with E-state index < -0.39 is 64.4 Å². The zero-order valence-corrected chi connectivity index (χ0v) is 21.8. The number of Topliss-reactive ketones (excluding diaryl/α,β-unsaturated/α-hetero) is 1. The fraction of sp³-hybridized carbons (Fsp3) is 0.714. The smallest absolute Gasteiger partial charge is 0.306 e. The molecule has 0 spiro atoms. The van der Waals surface area contributed by atoms with Gasteiger partial charge in [-0.2, -0.15) is 0 Å². The number of rotatable bonds is 6. The Morgan fingerprint density at radius 3 is 2.56 bits per heavy atom. The van der Waals surface area contributed by atoms with Gasteiger partial charge in [-0.05, 0) is 57.1 Å². The van der Waals surface area contributed by atoms with Crippen LogP contribution in [0.1, 0.15) is 73.1 Å². The number of esters is 2. The number of halogens is 1. The zero-order valence-electron chi connectivity index (χ0n) is 21.8. The Balaban J connectivity index is 1.81. The highest BCUT2D eigenvalue weighted by Crippen LogP contribution is 2.71. The number of ketones is 2. The van der Waals surface area contributed by atoms with Gasteiger partial charge in [-0.1, -0.05) is 32.4 Å². The molecule has 8 heteroatoms. The second-order valence-electron chi connectivity index (χ2n) is 11.6. The molecule has 36 heavy (non-hydrogen) atoms. The molecule has 0 aromatic carbocycles. The Morgan fingerprint density at radius 1 is 1.22 bits per heavy atom. The SMILES string of the molecule is CCCC(=O)O[C@@]1(C(=O)COC(C)=O)[C@H](C)C[C@H]2[C@@H]3CCC4=CC(=O)C=C[C@]4(C)[C@@]3(F)[C@@H](O)C[C@@]21C. The third-order valence-corrected chi connectivity index (χ3v) is 9.73. The minimum atomic E-state index is -2.05. The molecule has 198 valence electrons. The molecular weight excluding hydrogens is 467 g/mol. The van der Waals surface area contributed by atoms with Crippen molar-refractivity contribution < 1.29 is 38.1 Å². The number of allylic oxidation sites excluding steroid dienone is 4. The van der Waals surface area contributed by atoms with E-state index in [1.54, 1.807) is 13.0 Å². The minimum absolute atomic E-state index is 0.106. The first-order valence-corrected chi connectivity index (χ1v) is 13.0. The molecule has 0 saturated heterocycles. The number of hydrogen-bond acceptors (Lipinski definition) is 7. The van der Waals surface area contributed by atoms with Crippen LogP contribution in [0.15, 0.2) is 23.8 Å². The first-order chi connectivity index (χ1) is 16.8. The molecule has 0 aliphatic heterocycles. The molecule has 4 rings (SSSR count). The highest BCUT2D eigenvalue weighted by Gasteiger charge is 2.77. The molecule has 4 aliphatic rings. The molecule has 7 nitrogen and oxygen atoms in total. The number of fused-ring (bicyclic) bond motifs is 5. The molecule has 0 unspecified atom stereocenters. The van der Waals surface area contributed by atoms with Crippen molar-refractivity contribution in [2.75, 3.05) is 6.61 Å². The van der Waals surface area contributed by atoms with Crippen LogP contribution < -0.4 is 0 Å². The topological polar surface area (TPSA) is 107 Å². The highest BCUT2D eigenvalue weighted by molar-refractivity contribution is 6.01. The van der Waals surface area contributed by atoms with E-state index in [1.165, 1.54) is 19.1 Å². The Hall–Kier alpha value is -2.35. The van der Waals surface area contributed by atoms with Gasteiger partial charge >= 0.3 is 11.9 Å². The third kappa shape index (κ3) is 3.46. The molecule has 1 N–H and O–H groups in total. The van der Waals surface area contributed by atoms with Crippen molar-refractivity contribution in [3.63, 3.8) is 0 Å². The molecule has 0 aromatic rings. The van der Waals surface area contributed by atoms with Gasteiger partial charge < -0.3 is 14.6 Å². The first-order valence-electron chi connectivity index (χ1n) is 13.0. The molecule has 3 saturated carbocycles. The van der Waals surface area contributed by atoms with Gasteiger partial charge in [0.25, 0.3) is 0 Å². The maximum Gasteiger partial charge on any atom is 0.306 e. The Bertz CT molecular complexity index is 1050. The van der Waals surface area contributed by atoms with Crippen LogP contribution in [-0.2, 0) is 28.7 Å². The second kappa shape index (κ2) is 8.89. The van der Waals surface area contributed by atoms with Crippen molar-refractivity contribution in [1.82, 2.24) is 0 Å². The number of carbonyl (C=O) groups is 4. The van der Waals surface area contributed by atoms with E-state index in [9.17, 15) is 24.3 Å². The number of aliphatic hydroxyl groups is 1. The fourth-order valence-corrected chi connectivity index (χ4v) is 8.11. The van der Waals surface area contributed by atoms with Gasteiger partial charge in [0.1, 0.15) is 0 Å². The van der Waals surface area contributed by atoms with Crippen molar-refractivity contribution >= 4 is 23.5 Å². The lowest BCUT2D eigenvalue weighted by Crippen LogP contribution is -2.70. The van der Waals surface area contributed by atoms with E-state index >= 15 is 4.39 Å². The van der Waals surface area contributed by atoms with Crippen LogP contribution in [0.5, 0.6) is 0 Å². The summed E-state index contributed by atoms with van der Waals surface area (Å²) >= 11 is 0. The summed E-state index contributed by atoms with van der Waals surface area (Å²) in [4.78, 5) is 50.1. The minimum Gasteiger partial charge on any atom is -0.458 e. The van der Waals surface area contributed by atoms with Crippen LogP contribution in [0.25, 0.3) is 0 Å². The number of carbonyl (C=O) groups excluding carboxylic acids is 4. The molecule has 8 atom stereocenters. The summed E-state index contributed by atoms with van der Waals surface area (Å²) < 4.78 is 28.5. The van der Waals surface area contributed by atoms with Crippen molar-refractivity contribution in [1.29, 1.82) is 0 Å². The summed E-state index contributed by atoms with van der Waals surface area (Å²) in [6, 6.07) is 0. The van der Waals surface area contributed by atoms with Crippen molar-refractivity contribution in [2.24, 2.45) is 28.6 Å². The van der Waals surface area contributed by atoms with E-state index in [2.05, 4.69) is 0 Å². The molecular formula is C28H37FO7. The number of alkyl halides is 1. The predicted octanol–water partition coefficient (Wildman–Crippen LogP) is 3.82. The molecule has 0 heterocycles. The van der Waals surface area contributed by atoms with Crippen molar-refractivity contribution in [2.45, 2.75) is 90.5 Å². The number of hydrogen-bond donors (Lipinski definition) is 1. The van der Waals surface area contributed by atoms with E-state index in [0.717, 1.165) is 0 Å². The van der Waals surface area contributed by atoms with Gasteiger partial charge in [0.2, 0.25) is 5.78 Å². The summed E-state index contributed by atoms with van der Waals surface area (Å²) in [7, 11) is 0. The Kier molecular flexibility index (Phi) is 6.60. The average Bonchev–Trinajstić information content (AvgIpc) is 3.01. The van der Waals surface area contributed by atoms with Gasteiger partial charge in [-0.3, -0.25) is 19.2 Å². The van der Waals surface area contributed by atoms with Crippen molar-refractivity contribution in [3.8, 4) is 0 Å². The maximum absolute atomic E-state index is 17.4. The van der Waals surface area contributed by atoms with Gasteiger partial charge in [0.15, 0.2) is 23.7 Å². The highest BCUT2D eigenvalue weighted by atomic mass is 19.1. The van der Waals surface area contributed by atoms with Crippen LogP contribution in [0.3, 0.4) is 0 Å². The molecule has 0 amide bonds. The van der Waals surface area contributed by atoms with E-state index in [0.29, 0.717) is 31.3 Å². The van der Waals surface area contributed by atoms with Gasteiger partial charge in [0.05, 0.1) is 6.10 Å². The summed E-state index contributed by atoms with van der Waals surface area (Å²) in [6.07, 6.45) is 4.82. The van der Waals surface area contributed by atoms with Crippen LogP contribution in [0.2, 0.25) is 0 Å². The van der Waals surface area contributed by atoms with E-state index in [1.807, 2.05) is 20.8 Å². The lowest BCUT2D eigenvalue weighted by molar-refractivity contribution is -0.228. The average molecular weight is 505 g/mol. The molecule has 4 aliphatic carbocycles. The summed E-state index contributed by atoms with van der Waals surface area (Å²) in [5, 5.41) is 11.5. The van der Waals surface area contributed by atoms with Crippen LogP contribution >= 0.6 is 0 Å². The van der Waals surface area contributed by atoms with E-state index in [4.69, 9.17) is 9.47 Å². The number of aliphatic hydroxyl groups excluding tert-OH is 1. The van der Waals surface area contributed by atoms with Gasteiger partial charge in [-0.15, -0.1) is 0 Å². The Labute approximate surface area is 211 Å². The second-order valence-corrected chi connectivity index (χ2v) is 11.6. The van der Waals surface area contributed by atoms with Crippen LogP contribution in [-0.4, -0.2) is 52.6 Å². The van der Waals surface area contributed by atoms with Gasteiger partial charge in [0, 0.05) is 36.0 Å². The molecule has 0 bridgehead atoms. The van der Waals surface area contributed by atoms with Crippen LogP contribution in [0, 0.1) is 28.6 Å². The fourth-order valence-electron chi connectivity index (χ4n) is 8.11. The summed E-state index contributed by atoms with van der Waals surface area (Å²) in [5.41, 5.74) is -5.26. The van der Waals surface area contributed by atoms with Crippen LogP contribution in [0.4, 0.5) is 4.39 Å². The predicted molar refractivity (Wildman–Crippen MR) is 128 cm³/mol. The maximum atomic E-state index is 17.4. The standard InChI is InChI=1S/C28H37FO7/c1-6-7-24(34)36-28(23(33)15-35-17(3)30)16(2)12-21-20-9-8-18-13-19(31)10-11-25(18,4)27(20,29)22(32)14-26(21,28)5/h10-11,13,16,20-22,32H,6-9,12,14-15H2,1-5H3/t16-,20+,21+,22+,25+,26+,27+,28-/m1/s1. The van der Waals surface area contributed by atoms with E-state index in [-0.39, 0.29) is 24.5 Å². The molecule has 0 radical (unpaired) electrons. The lowest BCUT2D eigenvalue weighted by atomic mass is 9.44. The third-order valence-electron chi connectivity index (χ3n) is 9.73. The molecule has 3 fully saturated rings. The van der Waals surface area contributed by atoms with Crippen molar-refractivity contribution in [3.05, 3.63) is 23.8 Å². The summed E-state index contributed by atoms with van der Waals surface area (Å²) in [6.45, 7) is 7.83. The number of ether oxygens (including phenoxy) is 2. The first kappa shape index (κ1) is 26.7.